The van der Waals surface area contributed by atoms with E-state index in [1.807, 2.05) is 0 Å². The number of alkyl halides is 3. The molecule has 0 fully saturated rings. The molecule has 0 atom stereocenters. The number of nitrogens with zero attached hydrogens (tertiary/aromatic N) is 4. The molecule has 6 nitrogen and oxygen atoms in total. The Morgan fingerprint density at radius 3 is 2.21 bits per heavy atom. The summed E-state index contributed by atoms with van der Waals surface area (Å²) < 4.78 is 193. The summed E-state index contributed by atoms with van der Waals surface area (Å²) in [4.78, 5) is 31.5. The minimum atomic E-state index is -4.66. The van der Waals surface area contributed by atoms with Crippen LogP contribution in [0, 0.1) is 5.82 Å². The molecule has 0 bridgehead atoms. The molecule has 1 aliphatic rings. The zero-order chi connectivity index (χ0) is 47.8. The van der Waals surface area contributed by atoms with E-state index in [1.54, 1.807) is 0 Å². The van der Waals surface area contributed by atoms with Crippen LogP contribution in [0.15, 0.2) is 82.7 Å². The van der Waals surface area contributed by atoms with Crippen molar-refractivity contribution in [1.29, 1.82) is 0 Å². The van der Waals surface area contributed by atoms with Crippen LogP contribution in [0.4, 0.5) is 17.6 Å². The molecule has 0 unspecified atom stereocenters. The minimum absolute atomic E-state index is 0.0117. The molecule has 1 amide bonds. The highest BCUT2D eigenvalue weighted by Gasteiger charge is 2.30. The molecule has 1 aromatic heterocycles. The van der Waals surface area contributed by atoms with E-state index < -0.39 is 119 Å². The first kappa shape index (κ1) is 19.1. The Morgan fingerprint density at radius 1 is 0.957 bits per heavy atom. The standard InChI is InChI=1S/C36H38F4N4O2S/c1-3-42(4-2)20-21-43(22-25-8-12-27(13-9-25)28-14-16-29(17-15-28)36(38,39)40)33(45)23-44-32-7-5-6-31(32)34(46)41-35(44)47-24-26-10-18-30(37)19-11-26/h8-19H,3-7,20-24H2,1-2H3/i3D2,4D2,10D,11D,18D,19D,20D2,21D2,22D2,23D2. The van der Waals surface area contributed by atoms with Crippen molar-refractivity contribution in [2.45, 2.75) is 63.2 Å². The zero-order valence-corrected chi connectivity index (χ0v) is 25.8. The number of hydrogen-bond acceptors (Lipinski definition) is 5. The lowest BCUT2D eigenvalue weighted by atomic mass is 10.0. The van der Waals surface area contributed by atoms with Gasteiger partial charge < -0.3 is 14.4 Å². The molecule has 0 spiro atoms. The average molecular weight is 683 g/mol. The van der Waals surface area contributed by atoms with Gasteiger partial charge in [-0.2, -0.15) is 18.2 Å². The molecule has 4 aromatic rings. The highest BCUT2D eigenvalue weighted by molar-refractivity contribution is 7.98. The number of benzene rings is 3. The largest absolute Gasteiger partial charge is 0.416 e. The van der Waals surface area contributed by atoms with Crippen LogP contribution in [0.25, 0.3) is 11.1 Å². The molecule has 248 valence electrons. The van der Waals surface area contributed by atoms with Gasteiger partial charge in [-0.3, -0.25) is 9.59 Å². The summed E-state index contributed by atoms with van der Waals surface area (Å²) in [6.07, 6.45) is -4.56. The molecular weight excluding hydrogens is 628 g/mol. The second-order valence-corrected chi connectivity index (χ2v) is 10.9. The Labute approximate surface area is 298 Å². The molecule has 0 radical (unpaired) electrons. The number of carbonyl (C=O) groups excluding carboxylic acids is 1. The summed E-state index contributed by atoms with van der Waals surface area (Å²) in [5.74, 6) is -4.30. The van der Waals surface area contributed by atoms with Crippen molar-refractivity contribution >= 4 is 17.7 Å². The van der Waals surface area contributed by atoms with E-state index >= 15 is 4.79 Å². The SMILES string of the molecule is [2H]c1c([2H])c(CSc2nc(=O)c3c(n2C([2H])([2H])C(=O)N(C([2H])([2H])c2ccc(-c4ccc(C(F)(F)F)cc4)cc2)C([2H])([2H])C([2H])([2H])N(C([2H])([2H])C)C([2H])([2H])C)CCC3)c([2H])c([2H])c1F. The number of rotatable bonds is 13. The van der Waals surface area contributed by atoms with Crippen LogP contribution in [0.1, 0.15) is 70.1 Å². The highest BCUT2D eigenvalue weighted by Crippen LogP contribution is 2.31. The number of aromatic nitrogens is 2. The van der Waals surface area contributed by atoms with Crippen LogP contribution in [0.5, 0.6) is 0 Å². The fourth-order valence-corrected chi connectivity index (χ4v) is 5.44. The number of halogens is 4. The quantitative estimate of drug-likeness (QED) is 0.0847. The van der Waals surface area contributed by atoms with Gasteiger partial charge in [-0.25, -0.2) is 4.39 Å². The Kier molecular flexibility index (Phi) is 6.23. The van der Waals surface area contributed by atoms with Gasteiger partial charge in [-0.15, -0.1) is 0 Å². The molecule has 0 saturated carbocycles. The molecule has 5 rings (SSSR count). The second kappa shape index (κ2) is 15.3. The maximum Gasteiger partial charge on any atom is 0.416 e. The molecule has 1 aliphatic carbocycles. The first-order chi connectivity index (χ1) is 28.6. The summed E-state index contributed by atoms with van der Waals surface area (Å²) in [5.41, 5.74) is -2.84. The molecule has 47 heavy (non-hydrogen) atoms. The van der Waals surface area contributed by atoms with E-state index in [2.05, 4.69) is 4.98 Å². The van der Waals surface area contributed by atoms with E-state index in [0.717, 1.165) is 36.4 Å². The fourth-order valence-electron chi connectivity index (χ4n) is 4.59. The molecule has 11 heteroatoms. The van der Waals surface area contributed by atoms with Crippen LogP contribution in [-0.2, 0) is 42.6 Å². The third kappa shape index (κ3) is 8.70. The van der Waals surface area contributed by atoms with Crippen molar-refractivity contribution in [3.63, 3.8) is 0 Å². The normalized spacial score (nSPS) is 19.6. The van der Waals surface area contributed by atoms with Crippen molar-refractivity contribution in [1.82, 2.24) is 19.4 Å². The minimum Gasteiger partial charge on any atom is -0.336 e. The zero-order valence-electron chi connectivity index (χ0n) is 41.0. The number of carbonyl (C=O) groups is 1. The van der Waals surface area contributed by atoms with Gasteiger partial charge in [0, 0.05) is 44.7 Å². The van der Waals surface area contributed by atoms with Gasteiger partial charge >= 0.3 is 6.18 Å². The maximum atomic E-state index is 15.1. The first-order valence-corrected chi connectivity index (χ1v) is 15.1. The van der Waals surface area contributed by atoms with Crippen molar-refractivity contribution in [2.75, 3.05) is 26.0 Å². The van der Waals surface area contributed by atoms with Gasteiger partial charge in [0.2, 0.25) is 5.91 Å². The lowest BCUT2D eigenvalue weighted by Gasteiger charge is -2.28. The van der Waals surface area contributed by atoms with Gasteiger partial charge in [-0.1, -0.05) is 74.1 Å². The highest BCUT2D eigenvalue weighted by atomic mass is 32.2. The molecular formula is C36H38F4N4O2S. The molecule has 0 saturated heterocycles. The van der Waals surface area contributed by atoms with E-state index in [-0.39, 0.29) is 46.5 Å². The van der Waals surface area contributed by atoms with Crippen LogP contribution in [-0.4, -0.2) is 51.2 Å². The molecule has 3 aromatic carbocycles. The number of fused-ring (bicyclic) bond motifs is 1. The molecule has 1 heterocycles. The summed E-state index contributed by atoms with van der Waals surface area (Å²) in [7, 11) is 0. The summed E-state index contributed by atoms with van der Waals surface area (Å²) >= 11 is 0.399. The van der Waals surface area contributed by atoms with Gasteiger partial charge in [0.05, 0.1) is 19.3 Å². The maximum absolute atomic E-state index is 15.1. The van der Waals surface area contributed by atoms with Crippen molar-refractivity contribution < 1.29 is 44.3 Å². The van der Waals surface area contributed by atoms with Crippen LogP contribution < -0.4 is 5.56 Å². The first-order valence-electron chi connectivity index (χ1n) is 22.1. The Balaban J connectivity index is 1.73. The van der Waals surface area contributed by atoms with Gasteiger partial charge in [0.15, 0.2) is 5.16 Å². The fraction of sp³-hybridized carbons (Fsp3) is 0.361. The van der Waals surface area contributed by atoms with E-state index in [0.29, 0.717) is 30.2 Å². The van der Waals surface area contributed by atoms with E-state index in [4.69, 9.17) is 13.7 Å². The third-order valence-electron chi connectivity index (χ3n) is 6.90. The van der Waals surface area contributed by atoms with Crippen LogP contribution in [0.2, 0.25) is 0 Å². The summed E-state index contributed by atoms with van der Waals surface area (Å²) in [5, 5.41) is -0.679. The van der Waals surface area contributed by atoms with Crippen molar-refractivity contribution in [3.8, 4) is 11.1 Å². The Morgan fingerprint density at radius 2 is 1.60 bits per heavy atom. The lowest BCUT2D eigenvalue weighted by molar-refractivity contribution is -0.137. The lowest BCUT2D eigenvalue weighted by Crippen LogP contribution is -2.40. The summed E-state index contributed by atoms with van der Waals surface area (Å²) in [6, 6.07) is 4.35. The van der Waals surface area contributed by atoms with Crippen molar-refractivity contribution in [3.05, 3.63) is 117 Å². The smallest absolute Gasteiger partial charge is 0.336 e. The Bertz CT molecular complexity index is 2430. The monoisotopic (exact) mass is 682 g/mol. The van der Waals surface area contributed by atoms with Gasteiger partial charge in [0.25, 0.3) is 5.56 Å². The van der Waals surface area contributed by atoms with E-state index in [1.165, 1.54) is 12.1 Å². The van der Waals surface area contributed by atoms with Crippen LogP contribution >= 0.6 is 11.8 Å². The van der Waals surface area contributed by atoms with Gasteiger partial charge in [0.1, 0.15) is 12.3 Å². The second-order valence-electron chi connectivity index (χ2n) is 9.92. The number of amides is 1. The summed E-state index contributed by atoms with van der Waals surface area (Å²) in [6.45, 7) is -20.6. The third-order valence-corrected chi connectivity index (χ3v) is 7.86. The topological polar surface area (TPSA) is 58.4 Å². The van der Waals surface area contributed by atoms with Gasteiger partial charge in [-0.05, 0) is 78.7 Å². The molecule has 0 aliphatic heterocycles. The van der Waals surface area contributed by atoms with E-state index in [9.17, 15) is 30.6 Å². The number of thioether (sulfide) groups is 1. The average Bonchev–Trinajstić information content (AvgIpc) is 3.65. The Hall–Kier alpha value is -3.96. The number of likely N-dealkylation sites (N-methyl/N-ethyl adjacent to an activating group) is 1. The molecule has 0 N–H and O–H groups in total. The predicted molar refractivity (Wildman–Crippen MR) is 177 cm³/mol. The predicted octanol–water partition coefficient (Wildman–Crippen LogP) is 7.22. The van der Waals surface area contributed by atoms with Crippen LogP contribution in [0.3, 0.4) is 0 Å². The van der Waals surface area contributed by atoms with Crippen molar-refractivity contribution in [2.24, 2.45) is 0 Å². The number of hydrogen-bond donors (Lipinski definition) is 0.